The number of aryl methyl sites for hydroxylation is 1. The average molecular weight is 267 g/mol. The fourth-order valence-corrected chi connectivity index (χ4v) is 2.98. The van der Waals surface area contributed by atoms with E-state index >= 15 is 0 Å². The summed E-state index contributed by atoms with van der Waals surface area (Å²) in [5.74, 6) is 1.02. The van der Waals surface area contributed by atoms with Gasteiger partial charge in [-0.3, -0.25) is 0 Å². The molecule has 20 heavy (non-hydrogen) atoms. The predicted octanol–water partition coefficient (Wildman–Crippen LogP) is 4.17. The number of rotatable bonds is 3. The summed E-state index contributed by atoms with van der Waals surface area (Å²) in [5, 5.41) is 3.75. The zero-order valence-electron chi connectivity index (χ0n) is 12.1. The van der Waals surface area contributed by atoms with Gasteiger partial charge in [0, 0.05) is 24.1 Å². The van der Waals surface area contributed by atoms with Crippen LogP contribution in [0.4, 0.5) is 0 Å². The van der Waals surface area contributed by atoms with E-state index in [0.29, 0.717) is 12.1 Å². The highest BCUT2D eigenvalue weighted by molar-refractivity contribution is 5.38. The number of fused-ring (bicyclic) bond motifs is 1. The monoisotopic (exact) mass is 267 g/mol. The van der Waals surface area contributed by atoms with E-state index in [1.807, 2.05) is 6.07 Å². The first kappa shape index (κ1) is 13.2. The predicted molar refractivity (Wildman–Crippen MR) is 82.0 cm³/mol. The maximum absolute atomic E-state index is 5.72. The van der Waals surface area contributed by atoms with Gasteiger partial charge in [0.1, 0.15) is 5.75 Å². The Morgan fingerprint density at radius 2 is 1.85 bits per heavy atom. The number of nitrogens with one attached hydrogen (secondary N) is 1. The van der Waals surface area contributed by atoms with Crippen molar-refractivity contribution in [1.82, 2.24) is 5.32 Å². The lowest BCUT2D eigenvalue weighted by Gasteiger charge is -2.30. The van der Waals surface area contributed by atoms with Crippen LogP contribution in [-0.2, 0) is 0 Å². The number of benzene rings is 2. The molecule has 2 nitrogen and oxygen atoms in total. The Morgan fingerprint density at radius 3 is 2.70 bits per heavy atom. The van der Waals surface area contributed by atoms with Gasteiger partial charge in [0.25, 0.3) is 0 Å². The van der Waals surface area contributed by atoms with E-state index in [1.165, 1.54) is 16.7 Å². The molecule has 2 heteroatoms. The summed E-state index contributed by atoms with van der Waals surface area (Å²) < 4.78 is 5.72. The Kier molecular flexibility index (Phi) is 3.75. The van der Waals surface area contributed by atoms with Gasteiger partial charge in [0.15, 0.2) is 0 Å². The topological polar surface area (TPSA) is 21.3 Å². The molecule has 0 aliphatic carbocycles. The molecular formula is C18H21NO. The normalized spacial score (nSPS) is 19.0. The number of hydrogen-bond acceptors (Lipinski definition) is 2. The summed E-state index contributed by atoms with van der Waals surface area (Å²) in [6.45, 7) is 5.20. The van der Waals surface area contributed by atoms with Crippen molar-refractivity contribution in [3.8, 4) is 5.75 Å². The molecular weight excluding hydrogens is 246 g/mol. The smallest absolute Gasteiger partial charge is 0.124 e. The quantitative estimate of drug-likeness (QED) is 0.901. The van der Waals surface area contributed by atoms with Crippen molar-refractivity contribution in [3.63, 3.8) is 0 Å². The van der Waals surface area contributed by atoms with Gasteiger partial charge in [-0.15, -0.1) is 0 Å². The molecule has 1 aliphatic rings. The van der Waals surface area contributed by atoms with Crippen LogP contribution in [0.2, 0.25) is 0 Å². The number of ether oxygens (including phenoxy) is 1. The molecule has 2 aromatic carbocycles. The highest BCUT2D eigenvalue weighted by atomic mass is 16.5. The Bertz CT molecular complexity index is 593. The molecule has 1 aliphatic heterocycles. The summed E-state index contributed by atoms with van der Waals surface area (Å²) in [4.78, 5) is 0. The Balaban J connectivity index is 1.81. The SMILES string of the molecule is Cc1ccccc1[C@@H](C)NC1CCOc2ccccc21. The fourth-order valence-electron chi connectivity index (χ4n) is 2.98. The van der Waals surface area contributed by atoms with Crippen molar-refractivity contribution < 1.29 is 4.74 Å². The van der Waals surface area contributed by atoms with Crippen LogP contribution in [0.25, 0.3) is 0 Å². The van der Waals surface area contributed by atoms with Crippen LogP contribution in [0.15, 0.2) is 48.5 Å². The Labute approximate surface area is 120 Å². The molecule has 1 N–H and O–H groups in total. The van der Waals surface area contributed by atoms with Gasteiger partial charge in [-0.2, -0.15) is 0 Å². The van der Waals surface area contributed by atoms with Gasteiger partial charge < -0.3 is 10.1 Å². The number of hydrogen-bond donors (Lipinski definition) is 1. The summed E-state index contributed by atoms with van der Waals surface area (Å²) in [6.07, 6.45) is 1.02. The lowest BCUT2D eigenvalue weighted by atomic mass is 9.97. The van der Waals surface area contributed by atoms with Crippen molar-refractivity contribution >= 4 is 0 Å². The Morgan fingerprint density at radius 1 is 1.10 bits per heavy atom. The van der Waals surface area contributed by atoms with E-state index in [4.69, 9.17) is 4.74 Å². The third kappa shape index (κ3) is 2.56. The molecule has 0 bridgehead atoms. The second-order valence-electron chi connectivity index (χ2n) is 5.47. The summed E-state index contributed by atoms with van der Waals surface area (Å²) >= 11 is 0. The van der Waals surface area contributed by atoms with Crippen molar-refractivity contribution in [2.24, 2.45) is 0 Å². The molecule has 2 aromatic rings. The molecule has 0 fully saturated rings. The van der Waals surface area contributed by atoms with E-state index in [9.17, 15) is 0 Å². The zero-order chi connectivity index (χ0) is 13.9. The molecule has 1 unspecified atom stereocenters. The molecule has 104 valence electrons. The highest BCUT2D eigenvalue weighted by Gasteiger charge is 2.22. The third-order valence-corrected chi connectivity index (χ3v) is 4.06. The lowest BCUT2D eigenvalue weighted by molar-refractivity contribution is 0.246. The molecule has 0 saturated carbocycles. The van der Waals surface area contributed by atoms with E-state index in [0.717, 1.165) is 18.8 Å². The number of para-hydroxylation sites is 1. The molecule has 0 aromatic heterocycles. The molecule has 0 saturated heterocycles. The van der Waals surface area contributed by atoms with Gasteiger partial charge in [0.05, 0.1) is 6.61 Å². The van der Waals surface area contributed by atoms with Crippen LogP contribution >= 0.6 is 0 Å². The van der Waals surface area contributed by atoms with Crippen LogP contribution < -0.4 is 10.1 Å². The van der Waals surface area contributed by atoms with E-state index < -0.39 is 0 Å². The first-order valence-electron chi connectivity index (χ1n) is 7.29. The average Bonchev–Trinajstić information content (AvgIpc) is 2.48. The maximum Gasteiger partial charge on any atom is 0.124 e. The zero-order valence-corrected chi connectivity index (χ0v) is 12.1. The summed E-state index contributed by atoms with van der Waals surface area (Å²) in [5.41, 5.74) is 3.99. The molecule has 0 radical (unpaired) electrons. The first-order chi connectivity index (χ1) is 9.75. The molecule has 2 atom stereocenters. The van der Waals surface area contributed by atoms with Crippen molar-refractivity contribution in [2.75, 3.05) is 6.61 Å². The van der Waals surface area contributed by atoms with Crippen LogP contribution in [0, 0.1) is 6.92 Å². The van der Waals surface area contributed by atoms with Gasteiger partial charge in [-0.25, -0.2) is 0 Å². The first-order valence-corrected chi connectivity index (χ1v) is 7.29. The van der Waals surface area contributed by atoms with Crippen LogP contribution in [0.1, 0.15) is 42.1 Å². The lowest BCUT2D eigenvalue weighted by Crippen LogP contribution is -2.29. The molecule has 1 heterocycles. The second kappa shape index (κ2) is 5.68. The van der Waals surface area contributed by atoms with Crippen LogP contribution in [-0.4, -0.2) is 6.61 Å². The van der Waals surface area contributed by atoms with E-state index in [2.05, 4.69) is 61.6 Å². The second-order valence-corrected chi connectivity index (χ2v) is 5.47. The van der Waals surface area contributed by atoms with Crippen molar-refractivity contribution in [1.29, 1.82) is 0 Å². The van der Waals surface area contributed by atoms with E-state index in [1.54, 1.807) is 0 Å². The van der Waals surface area contributed by atoms with Gasteiger partial charge in [-0.05, 0) is 31.0 Å². The maximum atomic E-state index is 5.72. The highest BCUT2D eigenvalue weighted by Crippen LogP contribution is 2.33. The van der Waals surface area contributed by atoms with Gasteiger partial charge in [-0.1, -0.05) is 42.5 Å². The fraction of sp³-hybridized carbons (Fsp3) is 0.333. The molecule has 0 spiro atoms. The summed E-state index contributed by atoms with van der Waals surface area (Å²) in [7, 11) is 0. The van der Waals surface area contributed by atoms with Crippen LogP contribution in [0.3, 0.4) is 0 Å². The minimum atomic E-state index is 0.340. The minimum absolute atomic E-state index is 0.340. The van der Waals surface area contributed by atoms with Crippen LogP contribution in [0.5, 0.6) is 5.75 Å². The van der Waals surface area contributed by atoms with E-state index in [-0.39, 0.29) is 0 Å². The molecule has 0 amide bonds. The Hall–Kier alpha value is -1.80. The van der Waals surface area contributed by atoms with Crippen molar-refractivity contribution in [2.45, 2.75) is 32.4 Å². The van der Waals surface area contributed by atoms with Gasteiger partial charge in [0.2, 0.25) is 0 Å². The van der Waals surface area contributed by atoms with Gasteiger partial charge >= 0.3 is 0 Å². The largest absolute Gasteiger partial charge is 0.493 e. The minimum Gasteiger partial charge on any atom is -0.493 e. The van der Waals surface area contributed by atoms with Crippen molar-refractivity contribution in [3.05, 3.63) is 65.2 Å². The third-order valence-electron chi connectivity index (χ3n) is 4.06. The standard InChI is InChI=1S/C18H21NO/c1-13-7-3-4-8-15(13)14(2)19-17-11-12-20-18-10-6-5-9-16(17)18/h3-10,14,17,19H,11-12H2,1-2H3/t14-,17?/m1/s1. The summed E-state index contributed by atoms with van der Waals surface area (Å²) in [6, 6.07) is 17.6. The molecule has 3 rings (SSSR count).